The van der Waals surface area contributed by atoms with Crippen molar-refractivity contribution in [2.45, 2.75) is 47.0 Å². The summed E-state index contributed by atoms with van der Waals surface area (Å²) in [6.07, 6.45) is 11.4. The van der Waals surface area contributed by atoms with Gasteiger partial charge in [0.05, 0.1) is 5.71 Å². The van der Waals surface area contributed by atoms with Crippen LogP contribution in [-0.2, 0) is 7.05 Å². The number of pyridine rings is 1. The zero-order valence-corrected chi connectivity index (χ0v) is 15.4. The van der Waals surface area contributed by atoms with E-state index in [4.69, 9.17) is 0 Å². The molecule has 4 nitrogen and oxygen atoms in total. The second kappa shape index (κ2) is 7.56. The number of allylic oxidation sites excluding steroid dienone is 4. The molecule has 1 aromatic rings. The van der Waals surface area contributed by atoms with Crippen LogP contribution in [0.1, 0.15) is 57.3 Å². The first kappa shape index (κ1) is 18.1. The summed E-state index contributed by atoms with van der Waals surface area (Å²) in [4.78, 5) is 12.1. The molecule has 1 aromatic heterocycles. The third kappa shape index (κ3) is 4.63. The lowest BCUT2D eigenvalue weighted by Gasteiger charge is -2.32. The van der Waals surface area contributed by atoms with Crippen molar-refractivity contribution in [1.82, 2.24) is 5.43 Å². The maximum atomic E-state index is 12.1. The maximum absolute atomic E-state index is 12.1. The predicted octanol–water partition coefficient (Wildman–Crippen LogP) is 3.70. The molecule has 0 radical (unpaired) electrons. The quantitative estimate of drug-likeness (QED) is 0.512. The van der Waals surface area contributed by atoms with Gasteiger partial charge in [-0.2, -0.15) is 5.10 Å². The Balaban J connectivity index is 2.05. The topological polar surface area (TPSA) is 45.3 Å². The van der Waals surface area contributed by atoms with Crippen LogP contribution in [0.15, 0.2) is 52.9 Å². The summed E-state index contributed by atoms with van der Waals surface area (Å²) >= 11 is 0. The summed E-state index contributed by atoms with van der Waals surface area (Å²) in [6, 6.07) is 3.61. The lowest BCUT2D eigenvalue weighted by molar-refractivity contribution is -0.671. The molecule has 24 heavy (non-hydrogen) atoms. The Morgan fingerprint density at radius 1 is 1.42 bits per heavy atom. The van der Waals surface area contributed by atoms with Crippen LogP contribution in [0.5, 0.6) is 0 Å². The third-order valence-corrected chi connectivity index (χ3v) is 4.57. The van der Waals surface area contributed by atoms with Crippen molar-refractivity contribution in [2.24, 2.45) is 17.6 Å². The SMILES string of the molecule is CC1=C(/C=C\C(C)=N/NC(=O)c2ccc[n+](C)c2)C(C)(C)CCC1. The van der Waals surface area contributed by atoms with Gasteiger partial charge in [-0.1, -0.05) is 25.5 Å². The number of aryl methyl sites for hydroxylation is 1. The van der Waals surface area contributed by atoms with Crippen LogP contribution >= 0.6 is 0 Å². The minimum atomic E-state index is -0.202. The highest BCUT2D eigenvalue weighted by atomic mass is 16.2. The Labute approximate surface area is 145 Å². The summed E-state index contributed by atoms with van der Waals surface area (Å²) in [6.45, 7) is 8.69. The van der Waals surface area contributed by atoms with E-state index in [-0.39, 0.29) is 11.3 Å². The van der Waals surface area contributed by atoms with Gasteiger partial charge in [-0.25, -0.2) is 9.99 Å². The molecule has 0 saturated carbocycles. The van der Waals surface area contributed by atoms with Gasteiger partial charge in [0.1, 0.15) is 12.6 Å². The molecule has 0 fully saturated rings. The zero-order valence-electron chi connectivity index (χ0n) is 15.4. The molecule has 4 heteroatoms. The number of aromatic nitrogens is 1. The fourth-order valence-electron chi connectivity index (χ4n) is 3.18. The van der Waals surface area contributed by atoms with Crippen LogP contribution < -0.4 is 9.99 Å². The van der Waals surface area contributed by atoms with Gasteiger partial charge in [0.25, 0.3) is 5.91 Å². The van der Waals surface area contributed by atoms with E-state index in [9.17, 15) is 4.79 Å². The van der Waals surface area contributed by atoms with Crippen molar-refractivity contribution in [1.29, 1.82) is 0 Å². The van der Waals surface area contributed by atoms with E-state index >= 15 is 0 Å². The summed E-state index contributed by atoms with van der Waals surface area (Å²) in [5, 5.41) is 4.19. The van der Waals surface area contributed by atoms with E-state index in [1.54, 1.807) is 12.3 Å². The molecule has 1 N–H and O–H groups in total. The van der Waals surface area contributed by atoms with Gasteiger partial charge in [0.15, 0.2) is 12.4 Å². The molecular formula is C20H28N3O+. The Kier molecular flexibility index (Phi) is 5.71. The molecule has 0 saturated heterocycles. The highest BCUT2D eigenvalue weighted by Crippen LogP contribution is 2.40. The monoisotopic (exact) mass is 326 g/mol. The fraction of sp³-hybridized carbons (Fsp3) is 0.450. The molecule has 128 valence electrons. The second-order valence-corrected chi connectivity index (χ2v) is 7.22. The van der Waals surface area contributed by atoms with Crippen LogP contribution in [0.4, 0.5) is 0 Å². The summed E-state index contributed by atoms with van der Waals surface area (Å²) in [5.74, 6) is -0.202. The molecule has 1 heterocycles. The van der Waals surface area contributed by atoms with Gasteiger partial charge in [-0.15, -0.1) is 0 Å². The number of nitrogens with one attached hydrogen (secondary N) is 1. The first-order valence-electron chi connectivity index (χ1n) is 8.48. The van der Waals surface area contributed by atoms with Gasteiger partial charge < -0.3 is 0 Å². The average Bonchev–Trinajstić information content (AvgIpc) is 2.51. The highest BCUT2D eigenvalue weighted by Gasteiger charge is 2.26. The van der Waals surface area contributed by atoms with E-state index in [2.05, 4.69) is 37.4 Å². The number of carbonyl (C=O) groups is 1. The normalized spacial score (nSPS) is 18.1. The van der Waals surface area contributed by atoms with Crippen molar-refractivity contribution in [2.75, 3.05) is 0 Å². The third-order valence-electron chi connectivity index (χ3n) is 4.57. The molecule has 0 bridgehead atoms. The van der Waals surface area contributed by atoms with Crippen molar-refractivity contribution >= 4 is 11.6 Å². The molecular weight excluding hydrogens is 298 g/mol. The first-order chi connectivity index (χ1) is 11.3. The summed E-state index contributed by atoms with van der Waals surface area (Å²) in [5.41, 5.74) is 7.04. The summed E-state index contributed by atoms with van der Waals surface area (Å²) < 4.78 is 1.84. The number of carbonyl (C=O) groups excluding carboxylic acids is 1. The van der Waals surface area contributed by atoms with Crippen LogP contribution in [0.3, 0.4) is 0 Å². The van der Waals surface area contributed by atoms with Gasteiger partial charge >= 0.3 is 0 Å². The molecule has 0 aromatic carbocycles. The molecule has 0 unspecified atom stereocenters. The van der Waals surface area contributed by atoms with Crippen molar-refractivity contribution in [3.05, 3.63) is 53.4 Å². The van der Waals surface area contributed by atoms with E-state index in [0.717, 1.165) is 5.71 Å². The molecule has 1 aliphatic carbocycles. The lowest BCUT2D eigenvalue weighted by atomic mass is 9.72. The molecule has 0 aliphatic heterocycles. The number of hydrogen-bond donors (Lipinski definition) is 1. The smallest absolute Gasteiger partial charge is 0.267 e. The van der Waals surface area contributed by atoms with Crippen molar-refractivity contribution < 1.29 is 9.36 Å². The van der Waals surface area contributed by atoms with Crippen LogP contribution in [0.2, 0.25) is 0 Å². The van der Waals surface area contributed by atoms with E-state index < -0.39 is 0 Å². The lowest BCUT2D eigenvalue weighted by Crippen LogP contribution is -2.30. The number of rotatable bonds is 4. The largest absolute Gasteiger partial charge is 0.277 e. The Morgan fingerprint density at radius 3 is 2.83 bits per heavy atom. The molecule has 1 amide bonds. The standard InChI is InChI=1S/C20H27N3O/c1-15-8-6-12-20(3,4)18(15)11-10-16(2)21-22-19(24)17-9-7-13-23(5)14-17/h7,9-11,13-14H,6,8,12H2,1-5H3/p+1/b11-10-,21-16-. The Bertz CT molecular complexity index is 711. The van der Waals surface area contributed by atoms with Crippen LogP contribution in [-0.4, -0.2) is 11.6 Å². The van der Waals surface area contributed by atoms with Gasteiger partial charge in [0.2, 0.25) is 0 Å². The van der Waals surface area contributed by atoms with Crippen molar-refractivity contribution in [3.63, 3.8) is 0 Å². The average molecular weight is 326 g/mol. The Hall–Kier alpha value is -2.23. The van der Waals surface area contributed by atoms with E-state index in [0.29, 0.717) is 5.56 Å². The highest BCUT2D eigenvalue weighted by molar-refractivity contribution is 5.97. The number of hydrogen-bond acceptors (Lipinski definition) is 2. The molecule has 0 spiro atoms. The summed E-state index contributed by atoms with van der Waals surface area (Å²) in [7, 11) is 1.88. The van der Waals surface area contributed by atoms with E-state index in [1.165, 1.54) is 30.4 Å². The predicted molar refractivity (Wildman–Crippen MR) is 97.7 cm³/mol. The number of hydrazone groups is 1. The van der Waals surface area contributed by atoms with Gasteiger partial charge in [0, 0.05) is 6.07 Å². The molecule has 2 rings (SSSR count). The van der Waals surface area contributed by atoms with Crippen LogP contribution in [0.25, 0.3) is 0 Å². The van der Waals surface area contributed by atoms with Crippen LogP contribution in [0, 0.1) is 5.41 Å². The second-order valence-electron chi connectivity index (χ2n) is 7.22. The fourth-order valence-corrected chi connectivity index (χ4v) is 3.18. The zero-order chi connectivity index (χ0) is 17.7. The van der Waals surface area contributed by atoms with Gasteiger partial charge in [-0.05, 0) is 56.2 Å². The minimum absolute atomic E-state index is 0.202. The van der Waals surface area contributed by atoms with Gasteiger partial charge in [-0.3, -0.25) is 4.79 Å². The first-order valence-corrected chi connectivity index (χ1v) is 8.48. The molecule has 0 atom stereocenters. The number of amides is 1. The maximum Gasteiger partial charge on any atom is 0.277 e. The van der Waals surface area contributed by atoms with E-state index in [1.807, 2.05) is 36.9 Å². The number of nitrogens with zero attached hydrogens (tertiary/aromatic N) is 2. The Morgan fingerprint density at radius 2 is 2.17 bits per heavy atom. The van der Waals surface area contributed by atoms with Crippen molar-refractivity contribution in [3.8, 4) is 0 Å². The minimum Gasteiger partial charge on any atom is -0.267 e. The molecule has 1 aliphatic rings.